The number of para-hydroxylation sites is 1. The smallest absolute Gasteiger partial charge is 0.275 e. The molecule has 0 atom stereocenters. The minimum atomic E-state index is -0.445. The first kappa shape index (κ1) is 16.5. The topological polar surface area (TPSA) is 64.9 Å². The normalized spacial score (nSPS) is 10.7. The summed E-state index contributed by atoms with van der Waals surface area (Å²) in [6.07, 6.45) is 1.57. The molecular formula is C18H21N3O2. The van der Waals surface area contributed by atoms with E-state index >= 15 is 0 Å². The number of carbonyl (C=O) groups excluding carboxylic acids is 1. The van der Waals surface area contributed by atoms with E-state index in [0.29, 0.717) is 0 Å². The second kappa shape index (κ2) is 7.98. The van der Waals surface area contributed by atoms with Gasteiger partial charge in [0.1, 0.15) is 5.75 Å². The zero-order valence-corrected chi connectivity index (χ0v) is 13.4. The molecule has 2 N–H and O–H groups in total. The number of phenolic OH excluding ortho intramolecular Hbond substituents is 1. The molecule has 2 rings (SSSR count). The van der Waals surface area contributed by atoms with Gasteiger partial charge in [0.05, 0.1) is 11.8 Å². The van der Waals surface area contributed by atoms with Crippen molar-refractivity contribution in [3.63, 3.8) is 0 Å². The monoisotopic (exact) mass is 311 g/mol. The molecule has 23 heavy (non-hydrogen) atoms. The molecule has 5 heteroatoms. The molecule has 2 aromatic rings. The molecule has 2 aromatic carbocycles. The molecule has 0 saturated carbocycles. The molecule has 1 amide bonds. The van der Waals surface area contributed by atoms with Crippen molar-refractivity contribution >= 4 is 17.8 Å². The van der Waals surface area contributed by atoms with Gasteiger partial charge < -0.3 is 10.0 Å². The third kappa shape index (κ3) is 4.32. The van der Waals surface area contributed by atoms with Crippen LogP contribution in [0.2, 0.25) is 0 Å². The van der Waals surface area contributed by atoms with Crippen LogP contribution in [0.15, 0.2) is 53.6 Å². The average Bonchev–Trinajstić information content (AvgIpc) is 2.57. The fourth-order valence-corrected chi connectivity index (χ4v) is 2.25. The lowest BCUT2D eigenvalue weighted by atomic mass is 10.2. The zero-order valence-electron chi connectivity index (χ0n) is 13.4. The van der Waals surface area contributed by atoms with Gasteiger partial charge in [0.25, 0.3) is 5.91 Å². The molecule has 0 unspecified atom stereocenters. The number of aromatic hydroxyl groups is 1. The fraction of sp³-hybridized carbons (Fsp3) is 0.222. The number of carbonyl (C=O) groups is 1. The number of nitrogens with zero attached hydrogens (tertiary/aromatic N) is 2. The SMILES string of the molecule is CCN(CC)c1ccc(/C=N/NC(=O)c2ccccc2O)cc1. The number of hydrogen-bond donors (Lipinski definition) is 2. The number of benzene rings is 2. The van der Waals surface area contributed by atoms with Crippen LogP contribution in [0, 0.1) is 0 Å². The Morgan fingerprint density at radius 3 is 2.39 bits per heavy atom. The van der Waals surface area contributed by atoms with E-state index in [1.165, 1.54) is 6.07 Å². The molecule has 0 aliphatic carbocycles. The molecule has 120 valence electrons. The lowest BCUT2D eigenvalue weighted by Crippen LogP contribution is -2.21. The first-order chi connectivity index (χ1) is 11.2. The standard InChI is InChI=1S/C18H21N3O2/c1-3-21(4-2)15-11-9-14(10-12-15)13-19-20-18(23)16-7-5-6-8-17(16)22/h5-13,22H,3-4H2,1-2H3,(H,20,23)/b19-13+. The van der Waals surface area contributed by atoms with Crippen molar-refractivity contribution in [3.8, 4) is 5.75 Å². The summed E-state index contributed by atoms with van der Waals surface area (Å²) in [6, 6.07) is 14.3. The van der Waals surface area contributed by atoms with Gasteiger partial charge in [0, 0.05) is 18.8 Å². The second-order valence-electron chi connectivity index (χ2n) is 4.98. The van der Waals surface area contributed by atoms with E-state index in [1.807, 2.05) is 24.3 Å². The van der Waals surface area contributed by atoms with Gasteiger partial charge in [-0.15, -0.1) is 0 Å². The van der Waals surface area contributed by atoms with Crippen molar-refractivity contribution in [2.45, 2.75) is 13.8 Å². The quantitative estimate of drug-likeness (QED) is 0.636. The highest BCUT2D eigenvalue weighted by Crippen LogP contribution is 2.15. The Balaban J connectivity index is 1.98. The van der Waals surface area contributed by atoms with Gasteiger partial charge >= 0.3 is 0 Å². The number of anilines is 1. The van der Waals surface area contributed by atoms with Crippen molar-refractivity contribution in [1.29, 1.82) is 0 Å². The molecule has 0 saturated heterocycles. The van der Waals surface area contributed by atoms with Crippen LogP contribution in [-0.2, 0) is 0 Å². The van der Waals surface area contributed by atoms with Gasteiger partial charge in [-0.3, -0.25) is 4.79 Å². The predicted molar refractivity (Wildman–Crippen MR) is 93.2 cm³/mol. The Morgan fingerprint density at radius 1 is 1.13 bits per heavy atom. The van der Waals surface area contributed by atoms with E-state index in [-0.39, 0.29) is 11.3 Å². The van der Waals surface area contributed by atoms with E-state index in [0.717, 1.165) is 24.3 Å². The summed E-state index contributed by atoms with van der Waals surface area (Å²) >= 11 is 0. The highest BCUT2D eigenvalue weighted by Gasteiger charge is 2.08. The number of phenols is 1. The summed E-state index contributed by atoms with van der Waals surface area (Å²) in [6.45, 7) is 6.15. The lowest BCUT2D eigenvalue weighted by molar-refractivity contribution is 0.0952. The van der Waals surface area contributed by atoms with Crippen LogP contribution in [-0.4, -0.2) is 30.3 Å². The Kier molecular flexibility index (Phi) is 5.74. The molecule has 0 fully saturated rings. The Labute approximate surface area is 136 Å². The third-order valence-electron chi connectivity index (χ3n) is 3.55. The Hall–Kier alpha value is -2.82. The summed E-state index contributed by atoms with van der Waals surface area (Å²) in [5.74, 6) is -0.511. The number of hydrazone groups is 1. The molecule has 0 aliphatic heterocycles. The van der Waals surface area contributed by atoms with Gasteiger partial charge in [-0.25, -0.2) is 5.43 Å². The maximum atomic E-state index is 11.9. The summed E-state index contributed by atoms with van der Waals surface area (Å²) in [7, 11) is 0. The maximum absolute atomic E-state index is 11.9. The van der Waals surface area contributed by atoms with Gasteiger partial charge in [0.2, 0.25) is 0 Å². The Bertz CT molecular complexity index is 677. The van der Waals surface area contributed by atoms with Crippen LogP contribution in [0.1, 0.15) is 29.8 Å². The number of nitrogens with one attached hydrogen (secondary N) is 1. The van der Waals surface area contributed by atoms with E-state index in [4.69, 9.17) is 0 Å². The maximum Gasteiger partial charge on any atom is 0.275 e. The summed E-state index contributed by atoms with van der Waals surface area (Å²) in [4.78, 5) is 14.1. The van der Waals surface area contributed by atoms with Crippen molar-refractivity contribution in [3.05, 3.63) is 59.7 Å². The highest BCUT2D eigenvalue weighted by molar-refractivity contribution is 5.97. The largest absolute Gasteiger partial charge is 0.507 e. The minimum absolute atomic E-state index is 0.0659. The molecule has 0 aliphatic rings. The van der Waals surface area contributed by atoms with Gasteiger partial charge in [-0.1, -0.05) is 24.3 Å². The van der Waals surface area contributed by atoms with E-state index in [2.05, 4.69) is 29.3 Å². The fourth-order valence-electron chi connectivity index (χ4n) is 2.25. The summed E-state index contributed by atoms with van der Waals surface area (Å²) in [5.41, 5.74) is 4.65. The second-order valence-corrected chi connectivity index (χ2v) is 4.98. The van der Waals surface area contributed by atoms with Crippen LogP contribution in [0.5, 0.6) is 5.75 Å². The van der Waals surface area contributed by atoms with E-state index in [1.54, 1.807) is 24.4 Å². The molecule has 0 heterocycles. The van der Waals surface area contributed by atoms with Crippen molar-refractivity contribution < 1.29 is 9.90 Å². The number of rotatable bonds is 6. The first-order valence-corrected chi connectivity index (χ1v) is 7.62. The highest BCUT2D eigenvalue weighted by atomic mass is 16.3. The van der Waals surface area contributed by atoms with Gasteiger partial charge in [0.15, 0.2) is 0 Å². The van der Waals surface area contributed by atoms with Crippen LogP contribution in [0.4, 0.5) is 5.69 Å². The van der Waals surface area contributed by atoms with Crippen molar-refractivity contribution in [1.82, 2.24) is 5.43 Å². The summed E-state index contributed by atoms with van der Waals surface area (Å²) in [5, 5.41) is 13.5. The molecule has 0 aromatic heterocycles. The molecule has 0 radical (unpaired) electrons. The lowest BCUT2D eigenvalue weighted by Gasteiger charge is -2.20. The molecule has 0 bridgehead atoms. The minimum Gasteiger partial charge on any atom is -0.507 e. The first-order valence-electron chi connectivity index (χ1n) is 7.62. The van der Waals surface area contributed by atoms with Crippen molar-refractivity contribution in [2.24, 2.45) is 5.10 Å². The number of amides is 1. The van der Waals surface area contributed by atoms with Crippen molar-refractivity contribution in [2.75, 3.05) is 18.0 Å². The zero-order chi connectivity index (χ0) is 16.7. The molecular weight excluding hydrogens is 290 g/mol. The van der Waals surface area contributed by atoms with Crippen LogP contribution in [0.3, 0.4) is 0 Å². The third-order valence-corrected chi connectivity index (χ3v) is 3.55. The van der Waals surface area contributed by atoms with Crippen LogP contribution < -0.4 is 10.3 Å². The van der Waals surface area contributed by atoms with Gasteiger partial charge in [-0.05, 0) is 43.7 Å². The number of hydrogen-bond acceptors (Lipinski definition) is 4. The molecule has 5 nitrogen and oxygen atoms in total. The summed E-state index contributed by atoms with van der Waals surface area (Å²) < 4.78 is 0. The van der Waals surface area contributed by atoms with Crippen LogP contribution in [0.25, 0.3) is 0 Å². The van der Waals surface area contributed by atoms with Gasteiger partial charge in [-0.2, -0.15) is 5.10 Å². The average molecular weight is 311 g/mol. The predicted octanol–water partition coefficient (Wildman–Crippen LogP) is 3.00. The van der Waals surface area contributed by atoms with Crippen LogP contribution >= 0.6 is 0 Å². The molecule has 0 spiro atoms. The van der Waals surface area contributed by atoms with E-state index < -0.39 is 5.91 Å². The van der Waals surface area contributed by atoms with E-state index in [9.17, 15) is 9.90 Å². The Morgan fingerprint density at radius 2 is 1.78 bits per heavy atom.